The van der Waals surface area contributed by atoms with Crippen molar-refractivity contribution < 1.29 is 28.6 Å². The number of carbonyl (C=O) groups is 3. The predicted molar refractivity (Wildman–Crippen MR) is 125 cm³/mol. The van der Waals surface area contributed by atoms with E-state index < -0.39 is 29.8 Å². The molecule has 2 aromatic carbocycles. The summed E-state index contributed by atoms with van der Waals surface area (Å²) in [6, 6.07) is 17.2. The molecule has 0 aromatic heterocycles. The zero-order valence-corrected chi connectivity index (χ0v) is 19.2. The Labute approximate surface area is 202 Å². The maximum atomic E-state index is 14.3. The van der Waals surface area contributed by atoms with Crippen LogP contribution in [0.1, 0.15) is 25.0 Å². The van der Waals surface area contributed by atoms with Gasteiger partial charge in [0.25, 0.3) is 0 Å². The van der Waals surface area contributed by atoms with Crippen molar-refractivity contribution in [3.63, 3.8) is 0 Å². The van der Waals surface area contributed by atoms with Crippen molar-refractivity contribution >= 4 is 29.3 Å². The van der Waals surface area contributed by atoms with Crippen molar-refractivity contribution in [2.45, 2.75) is 19.3 Å². The molecule has 0 unspecified atom stereocenters. The molecule has 35 heavy (non-hydrogen) atoms. The topological polar surface area (TPSA) is 132 Å². The summed E-state index contributed by atoms with van der Waals surface area (Å²) in [5.74, 6) is -2.50. The Hall–Kier alpha value is -4.58. The summed E-state index contributed by atoms with van der Waals surface area (Å²) in [5, 5.41) is 10.2. The molecule has 0 saturated carbocycles. The SMILES string of the molecule is CCOC(=O)CN1C(=O)[C@]2(C(C#N)=C(N)OC(c3ccccc3)=C2C(=O)OCC)c2ccccc21. The number of para-hydroxylation sites is 1. The van der Waals surface area contributed by atoms with Crippen molar-refractivity contribution in [3.05, 3.63) is 82.8 Å². The van der Waals surface area contributed by atoms with E-state index in [2.05, 4.69) is 0 Å². The standard InChI is InChI=1S/C26H23N3O6/c1-3-33-20(30)15-29-19-13-9-8-12-17(19)26(25(29)32)18(14-27)23(28)35-22(16-10-6-5-7-11-16)21(26)24(31)34-4-2/h5-13H,3-4,15,28H2,1-2H3/t26-/m0/s1. The third-order valence-corrected chi connectivity index (χ3v) is 5.82. The van der Waals surface area contributed by atoms with Gasteiger partial charge in [-0.15, -0.1) is 0 Å². The highest BCUT2D eigenvalue weighted by Crippen LogP contribution is 2.55. The first-order valence-electron chi connectivity index (χ1n) is 11.0. The summed E-state index contributed by atoms with van der Waals surface area (Å²) < 4.78 is 16.2. The number of amides is 1. The van der Waals surface area contributed by atoms with E-state index in [-0.39, 0.29) is 36.0 Å². The molecule has 2 N–H and O–H groups in total. The van der Waals surface area contributed by atoms with Gasteiger partial charge in [-0.3, -0.25) is 14.5 Å². The number of nitrogens with zero attached hydrogens (tertiary/aromatic N) is 2. The molecule has 178 valence electrons. The van der Waals surface area contributed by atoms with Crippen molar-refractivity contribution in [2.24, 2.45) is 5.73 Å². The van der Waals surface area contributed by atoms with Gasteiger partial charge in [-0.25, -0.2) is 4.79 Å². The molecule has 1 amide bonds. The molecule has 0 fully saturated rings. The average molecular weight is 473 g/mol. The van der Waals surface area contributed by atoms with Crippen LogP contribution in [0.2, 0.25) is 0 Å². The van der Waals surface area contributed by atoms with Gasteiger partial charge in [0.15, 0.2) is 5.41 Å². The number of hydrogen-bond acceptors (Lipinski definition) is 8. The fourth-order valence-corrected chi connectivity index (χ4v) is 4.50. The first-order chi connectivity index (χ1) is 16.9. The molecule has 2 heterocycles. The minimum atomic E-state index is -1.97. The van der Waals surface area contributed by atoms with Crippen LogP contribution in [0.5, 0.6) is 0 Å². The molecule has 0 radical (unpaired) electrons. The average Bonchev–Trinajstić information content (AvgIpc) is 3.08. The lowest BCUT2D eigenvalue weighted by atomic mass is 9.67. The molecule has 1 atom stereocenters. The molecule has 0 aliphatic carbocycles. The highest BCUT2D eigenvalue weighted by Gasteiger charge is 2.62. The molecule has 2 aliphatic rings. The molecule has 2 aromatic rings. The summed E-state index contributed by atoms with van der Waals surface area (Å²) in [6.07, 6.45) is 0. The first-order valence-corrected chi connectivity index (χ1v) is 11.0. The third-order valence-electron chi connectivity index (χ3n) is 5.82. The van der Waals surface area contributed by atoms with Crippen molar-refractivity contribution in [1.29, 1.82) is 5.26 Å². The van der Waals surface area contributed by atoms with Crippen LogP contribution in [-0.4, -0.2) is 37.6 Å². The molecule has 2 aliphatic heterocycles. The van der Waals surface area contributed by atoms with E-state index >= 15 is 0 Å². The van der Waals surface area contributed by atoms with E-state index in [0.29, 0.717) is 16.8 Å². The highest BCUT2D eigenvalue weighted by molar-refractivity contribution is 6.21. The number of fused-ring (bicyclic) bond motifs is 2. The quantitative estimate of drug-likeness (QED) is 0.633. The zero-order valence-electron chi connectivity index (χ0n) is 19.2. The van der Waals surface area contributed by atoms with E-state index in [1.807, 2.05) is 6.07 Å². The van der Waals surface area contributed by atoms with E-state index in [9.17, 15) is 19.6 Å². The minimum Gasteiger partial charge on any atom is -0.465 e. The van der Waals surface area contributed by atoms with Gasteiger partial charge in [0, 0.05) is 16.8 Å². The second-order valence-corrected chi connectivity index (χ2v) is 7.71. The van der Waals surface area contributed by atoms with Gasteiger partial charge in [-0.05, 0) is 19.9 Å². The maximum absolute atomic E-state index is 14.3. The Morgan fingerprint density at radius 2 is 1.71 bits per heavy atom. The summed E-state index contributed by atoms with van der Waals surface area (Å²) >= 11 is 0. The highest BCUT2D eigenvalue weighted by atomic mass is 16.5. The Morgan fingerprint density at radius 3 is 2.37 bits per heavy atom. The number of esters is 2. The van der Waals surface area contributed by atoms with Crippen LogP contribution in [0.4, 0.5) is 5.69 Å². The molecule has 0 saturated heterocycles. The van der Waals surface area contributed by atoms with Crippen LogP contribution < -0.4 is 10.6 Å². The normalized spacial score (nSPS) is 18.8. The number of ether oxygens (including phenoxy) is 3. The van der Waals surface area contributed by atoms with Crippen LogP contribution >= 0.6 is 0 Å². The van der Waals surface area contributed by atoms with Crippen LogP contribution in [-0.2, 0) is 34.0 Å². The summed E-state index contributed by atoms with van der Waals surface area (Å²) in [4.78, 5) is 41.4. The van der Waals surface area contributed by atoms with Gasteiger partial charge in [0.1, 0.15) is 29.5 Å². The smallest absolute Gasteiger partial charge is 0.339 e. The minimum absolute atomic E-state index is 0.00156. The number of carbonyl (C=O) groups excluding carboxylic acids is 3. The molecular formula is C26H23N3O6. The van der Waals surface area contributed by atoms with Crippen LogP contribution in [0, 0.1) is 11.3 Å². The third kappa shape index (κ3) is 3.60. The van der Waals surface area contributed by atoms with E-state index in [4.69, 9.17) is 19.9 Å². The first kappa shape index (κ1) is 23.6. The number of nitriles is 1. The second kappa shape index (κ2) is 9.35. The van der Waals surface area contributed by atoms with E-state index in [1.165, 1.54) is 4.90 Å². The van der Waals surface area contributed by atoms with Crippen LogP contribution in [0.15, 0.2) is 71.6 Å². The summed E-state index contributed by atoms with van der Waals surface area (Å²) in [5.41, 5.74) is 4.92. The Balaban J connectivity index is 2.08. The zero-order chi connectivity index (χ0) is 25.2. The van der Waals surface area contributed by atoms with Crippen LogP contribution in [0.3, 0.4) is 0 Å². The lowest BCUT2D eigenvalue weighted by molar-refractivity contribution is -0.142. The lowest BCUT2D eigenvalue weighted by Crippen LogP contribution is -2.49. The maximum Gasteiger partial charge on any atom is 0.339 e. The Kier molecular flexibility index (Phi) is 6.30. The second-order valence-electron chi connectivity index (χ2n) is 7.71. The van der Waals surface area contributed by atoms with Gasteiger partial charge in [0.2, 0.25) is 11.8 Å². The van der Waals surface area contributed by atoms with Crippen LogP contribution in [0.25, 0.3) is 5.76 Å². The van der Waals surface area contributed by atoms with Gasteiger partial charge in [-0.2, -0.15) is 5.26 Å². The molecule has 9 heteroatoms. The van der Waals surface area contributed by atoms with Gasteiger partial charge in [-0.1, -0.05) is 48.5 Å². The van der Waals surface area contributed by atoms with E-state index in [1.54, 1.807) is 68.4 Å². The number of nitrogens with two attached hydrogens (primary N) is 1. The van der Waals surface area contributed by atoms with Gasteiger partial charge >= 0.3 is 11.9 Å². The van der Waals surface area contributed by atoms with E-state index in [0.717, 1.165) is 0 Å². The molecule has 0 bridgehead atoms. The van der Waals surface area contributed by atoms with Gasteiger partial charge < -0.3 is 19.9 Å². The molecule has 1 spiro atoms. The Bertz CT molecular complexity index is 1310. The fraction of sp³-hybridized carbons (Fsp3) is 0.231. The largest absolute Gasteiger partial charge is 0.465 e. The number of benzene rings is 2. The molecular weight excluding hydrogens is 450 g/mol. The fourth-order valence-electron chi connectivity index (χ4n) is 4.50. The lowest BCUT2D eigenvalue weighted by Gasteiger charge is -2.35. The molecule has 4 rings (SSSR count). The number of hydrogen-bond donors (Lipinski definition) is 1. The predicted octanol–water partition coefficient (Wildman–Crippen LogP) is 2.53. The number of anilines is 1. The van der Waals surface area contributed by atoms with Gasteiger partial charge in [0.05, 0.1) is 13.2 Å². The summed E-state index contributed by atoms with van der Waals surface area (Å²) in [7, 11) is 0. The van der Waals surface area contributed by atoms with Crippen molar-refractivity contribution in [2.75, 3.05) is 24.7 Å². The molecule has 9 nitrogen and oxygen atoms in total. The van der Waals surface area contributed by atoms with Crippen molar-refractivity contribution in [3.8, 4) is 6.07 Å². The van der Waals surface area contributed by atoms with Crippen molar-refractivity contribution in [1.82, 2.24) is 0 Å². The summed E-state index contributed by atoms with van der Waals surface area (Å²) in [6.45, 7) is 3.02. The monoisotopic (exact) mass is 473 g/mol. The Morgan fingerprint density at radius 1 is 1.06 bits per heavy atom. The number of rotatable bonds is 6.